The van der Waals surface area contributed by atoms with Crippen molar-refractivity contribution in [2.24, 2.45) is 0 Å². The van der Waals surface area contributed by atoms with Gasteiger partial charge in [-0.25, -0.2) is 4.39 Å². The van der Waals surface area contributed by atoms with Gasteiger partial charge in [0.05, 0.1) is 5.56 Å². The van der Waals surface area contributed by atoms with E-state index in [1.54, 1.807) is 0 Å². The molecular weight excluding hydrogens is 472 g/mol. The molecule has 0 saturated carbocycles. The third-order valence-corrected chi connectivity index (χ3v) is 6.70. The molecule has 1 saturated heterocycles. The van der Waals surface area contributed by atoms with E-state index in [-0.39, 0.29) is 18.2 Å². The Morgan fingerprint density at radius 3 is 2.36 bits per heavy atom. The summed E-state index contributed by atoms with van der Waals surface area (Å²) in [7, 11) is 5.86. The van der Waals surface area contributed by atoms with Gasteiger partial charge in [0.15, 0.2) is 11.6 Å². The van der Waals surface area contributed by atoms with E-state index in [9.17, 15) is 17.6 Å². The van der Waals surface area contributed by atoms with E-state index in [0.717, 1.165) is 67.5 Å². The SMILES string of the molecule is CN(C)CCNc1nnc(N2CCC(N(C)Cc3ccc(F)cc3C(F)(F)F)CC2)c2ccccc12. The molecular formula is C26H32F4N6. The lowest BCUT2D eigenvalue weighted by molar-refractivity contribution is -0.138. The van der Waals surface area contributed by atoms with Gasteiger partial charge in [0.2, 0.25) is 0 Å². The van der Waals surface area contributed by atoms with Crippen LogP contribution in [0.1, 0.15) is 24.0 Å². The molecule has 6 nitrogen and oxygen atoms in total. The van der Waals surface area contributed by atoms with Crippen LogP contribution in [0.4, 0.5) is 29.2 Å². The molecule has 194 valence electrons. The van der Waals surface area contributed by atoms with E-state index < -0.39 is 17.6 Å². The molecule has 1 aromatic heterocycles. The summed E-state index contributed by atoms with van der Waals surface area (Å²) in [5.74, 6) is 0.697. The summed E-state index contributed by atoms with van der Waals surface area (Å²) in [5.41, 5.74) is -0.823. The van der Waals surface area contributed by atoms with E-state index in [0.29, 0.717) is 6.07 Å². The minimum Gasteiger partial charge on any atom is -0.367 e. The molecule has 0 amide bonds. The van der Waals surface area contributed by atoms with Gasteiger partial charge in [-0.1, -0.05) is 30.3 Å². The van der Waals surface area contributed by atoms with Crippen LogP contribution in [-0.2, 0) is 12.7 Å². The Labute approximate surface area is 208 Å². The van der Waals surface area contributed by atoms with Crippen LogP contribution in [0.3, 0.4) is 0 Å². The molecule has 1 aliphatic heterocycles. The number of likely N-dealkylation sites (N-methyl/N-ethyl adjacent to an activating group) is 1. The second-order valence-electron chi connectivity index (χ2n) is 9.58. The van der Waals surface area contributed by atoms with E-state index in [1.165, 1.54) is 6.07 Å². The fourth-order valence-corrected chi connectivity index (χ4v) is 4.72. The summed E-state index contributed by atoms with van der Waals surface area (Å²) in [6.07, 6.45) is -3.04. The molecule has 1 fully saturated rings. The number of rotatable bonds is 8. The molecule has 0 aliphatic carbocycles. The van der Waals surface area contributed by atoms with Crippen LogP contribution in [0.15, 0.2) is 42.5 Å². The van der Waals surface area contributed by atoms with Gasteiger partial charge in [-0.15, -0.1) is 10.2 Å². The first-order valence-corrected chi connectivity index (χ1v) is 12.1. The second kappa shape index (κ2) is 11.0. The van der Waals surface area contributed by atoms with Crippen molar-refractivity contribution in [3.63, 3.8) is 0 Å². The van der Waals surface area contributed by atoms with Crippen molar-refractivity contribution in [1.82, 2.24) is 20.0 Å². The molecule has 1 N–H and O–H groups in total. The van der Waals surface area contributed by atoms with Gasteiger partial charge in [-0.2, -0.15) is 13.2 Å². The van der Waals surface area contributed by atoms with Crippen molar-refractivity contribution in [3.8, 4) is 0 Å². The van der Waals surface area contributed by atoms with Gasteiger partial charge < -0.3 is 15.1 Å². The number of anilines is 2. The summed E-state index contributed by atoms with van der Waals surface area (Å²) in [4.78, 5) is 6.22. The fraction of sp³-hybridized carbons (Fsp3) is 0.462. The number of nitrogens with one attached hydrogen (secondary N) is 1. The highest BCUT2D eigenvalue weighted by atomic mass is 19.4. The molecule has 0 radical (unpaired) electrons. The number of benzene rings is 2. The largest absolute Gasteiger partial charge is 0.416 e. The van der Waals surface area contributed by atoms with Crippen LogP contribution in [0.5, 0.6) is 0 Å². The number of piperidine rings is 1. The molecule has 0 atom stereocenters. The predicted octanol–water partition coefficient (Wildman–Crippen LogP) is 4.86. The van der Waals surface area contributed by atoms with Gasteiger partial charge in [-0.3, -0.25) is 4.90 Å². The van der Waals surface area contributed by atoms with Crippen LogP contribution in [0.25, 0.3) is 10.8 Å². The maximum Gasteiger partial charge on any atom is 0.416 e. The van der Waals surface area contributed by atoms with Crippen molar-refractivity contribution in [2.75, 3.05) is 57.5 Å². The summed E-state index contributed by atoms with van der Waals surface area (Å²) in [5, 5.41) is 14.4. The topological polar surface area (TPSA) is 47.5 Å². The Morgan fingerprint density at radius 2 is 1.69 bits per heavy atom. The monoisotopic (exact) mass is 504 g/mol. The highest BCUT2D eigenvalue weighted by Gasteiger charge is 2.34. The Morgan fingerprint density at radius 1 is 1.00 bits per heavy atom. The molecule has 1 aliphatic rings. The van der Waals surface area contributed by atoms with Crippen molar-refractivity contribution in [3.05, 3.63) is 59.4 Å². The van der Waals surface area contributed by atoms with E-state index in [1.807, 2.05) is 50.3 Å². The van der Waals surface area contributed by atoms with Gasteiger partial charge >= 0.3 is 6.18 Å². The van der Waals surface area contributed by atoms with Crippen LogP contribution < -0.4 is 10.2 Å². The van der Waals surface area contributed by atoms with Gasteiger partial charge in [-0.05, 0) is 51.7 Å². The second-order valence-corrected chi connectivity index (χ2v) is 9.58. The standard InChI is InChI=1S/C26H32F4N6/c1-34(2)15-12-31-24-21-6-4-5-7-22(21)25(33-32-24)36-13-10-20(11-14-36)35(3)17-18-8-9-19(27)16-23(18)26(28,29)30/h4-9,16,20H,10-15,17H2,1-3H3,(H,31,32). The lowest BCUT2D eigenvalue weighted by Crippen LogP contribution is -2.43. The quantitative estimate of drug-likeness (QED) is 0.442. The highest BCUT2D eigenvalue weighted by Crippen LogP contribution is 2.34. The lowest BCUT2D eigenvalue weighted by atomic mass is 10.0. The van der Waals surface area contributed by atoms with Gasteiger partial charge in [0, 0.05) is 49.5 Å². The molecule has 4 rings (SSSR count). The first-order chi connectivity index (χ1) is 17.1. The number of halogens is 4. The minimum absolute atomic E-state index is 0.0862. The first kappa shape index (κ1) is 26.1. The molecule has 3 aromatic rings. The molecule has 2 aromatic carbocycles. The molecule has 2 heterocycles. The first-order valence-electron chi connectivity index (χ1n) is 12.1. The Hall–Kier alpha value is -2.98. The zero-order chi connectivity index (χ0) is 25.9. The third kappa shape index (κ3) is 6.04. The number of fused-ring (bicyclic) bond motifs is 1. The molecule has 36 heavy (non-hydrogen) atoms. The maximum absolute atomic E-state index is 13.5. The van der Waals surface area contributed by atoms with Crippen molar-refractivity contribution in [1.29, 1.82) is 0 Å². The molecule has 0 unspecified atom stereocenters. The van der Waals surface area contributed by atoms with Crippen molar-refractivity contribution in [2.45, 2.75) is 31.6 Å². The van der Waals surface area contributed by atoms with Gasteiger partial charge in [0.25, 0.3) is 0 Å². The number of nitrogens with zero attached hydrogens (tertiary/aromatic N) is 5. The van der Waals surface area contributed by atoms with Crippen LogP contribution in [0, 0.1) is 5.82 Å². The minimum atomic E-state index is -4.59. The summed E-state index contributed by atoms with van der Waals surface area (Å²) < 4.78 is 53.7. The van der Waals surface area contributed by atoms with Crippen molar-refractivity contribution >= 4 is 22.4 Å². The van der Waals surface area contributed by atoms with Gasteiger partial charge in [0.1, 0.15) is 5.82 Å². The van der Waals surface area contributed by atoms with Crippen LogP contribution >= 0.6 is 0 Å². The third-order valence-electron chi connectivity index (χ3n) is 6.70. The van der Waals surface area contributed by atoms with Crippen LogP contribution in [-0.4, -0.2) is 73.4 Å². The molecule has 0 bridgehead atoms. The number of hydrogen-bond acceptors (Lipinski definition) is 6. The smallest absolute Gasteiger partial charge is 0.367 e. The average Bonchev–Trinajstić information content (AvgIpc) is 2.84. The average molecular weight is 505 g/mol. The van der Waals surface area contributed by atoms with Crippen LogP contribution in [0.2, 0.25) is 0 Å². The Balaban J connectivity index is 1.44. The predicted molar refractivity (Wildman–Crippen MR) is 135 cm³/mol. The summed E-state index contributed by atoms with van der Waals surface area (Å²) >= 11 is 0. The fourth-order valence-electron chi connectivity index (χ4n) is 4.72. The van der Waals surface area contributed by atoms with Crippen molar-refractivity contribution < 1.29 is 17.6 Å². The highest BCUT2D eigenvalue weighted by molar-refractivity contribution is 5.98. The maximum atomic E-state index is 13.5. The number of alkyl halides is 3. The Bertz CT molecular complexity index is 1170. The number of hydrogen-bond donors (Lipinski definition) is 1. The lowest BCUT2D eigenvalue weighted by Gasteiger charge is -2.37. The van der Waals surface area contributed by atoms with E-state index >= 15 is 0 Å². The van der Waals surface area contributed by atoms with E-state index in [2.05, 4.69) is 25.3 Å². The molecule has 0 spiro atoms. The summed E-state index contributed by atoms with van der Waals surface area (Å²) in [6, 6.07) is 11.1. The Kier molecular flexibility index (Phi) is 7.94. The molecule has 10 heteroatoms. The van der Waals surface area contributed by atoms with E-state index in [4.69, 9.17) is 0 Å². The normalized spacial score (nSPS) is 15.3. The number of aromatic nitrogens is 2. The zero-order valence-electron chi connectivity index (χ0n) is 20.8. The summed E-state index contributed by atoms with van der Waals surface area (Å²) in [6.45, 7) is 3.18. The zero-order valence-corrected chi connectivity index (χ0v) is 20.8.